The van der Waals surface area contributed by atoms with Gasteiger partial charge < -0.3 is 15.0 Å². The molecule has 0 amide bonds. The number of nitrogens with one attached hydrogen (secondary N) is 1. The molecule has 152 valence electrons. The highest BCUT2D eigenvalue weighted by atomic mass is 127. The van der Waals surface area contributed by atoms with Gasteiger partial charge in [0, 0.05) is 43.4 Å². The summed E-state index contributed by atoms with van der Waals surface area (Å²) in [5, 5.41) is 3.49. The number of thioether (sulfide) groups is 1. The number of hydrogen-bond donors (Lipinski definition) is 1. The number of nitrogens with zero attached hydrogens (tertiary/aromatic N) is 3. The van der Waals surface area contributed by atoms with Crippen molar-refractivity contribution >= 4 is 41.7 Å². The molecule has 0 radical (unpaired) electrons. The van der Waals surface area contributed by atoms with Crippen molar-refractivity contribution in [3.63, 3.8) is 0 Å². The molecule has 7 heteroatoms. The lowest BCUT2D eigenvalue weighted by atomic mass is 10.2. The molecule has 1 aliphatic rings. The summed E-state index contributed by atoms with van der Waals surface area (Å²) in [5.74, 6) is 2.96. The molecule has 0 aliphatic carbocycles. The number of aliphatic imine (C=N–C) groups is 1. The second-order valence-corrected chi connectivity index (χ2v) is 8.99. The molecule has 1 N–H and O–H groups in total. The summed E-state index contributed by atoms with van der Waals surface area (Å²) < 4.78 is 6.06. The monoisotopic (exact) mass is 512 g/mol. The van der Waals surface area contributed by atoms with Crippen LogP contribution in [0.4, 0.5) is 0 Å². The number of pyridine rings is 1. The Morgan fingerprint density at radius 3 is 2.68 bits per heavy atom. The first-order valence-corrected chi connectivity index (χ1v) is 10.3. The maximum absolute atomic E-state index is 5.79. The molecule has 0 atom stereocenters. The fourth-order valence-electron chi connectivity index (χ4n) is 3.05. The Morgan fingerprint density at radius 1 is 1.25 bits per heavy atom. The van der Waals surface area contributed by atoms with Gasteiger partial charge >= 0.3 is 0 Å². The molecule has 0 unspecified atom stereocenters. The number of ether oxygens (including phenoxy) is 1. The summed E-state index contributed by atoms with van der Waals surface area (Å²) >= 11 is 2.03. The van der Waals surface area contributed by atoms with E-state index in [2.05, 4.69) is 46.2 Å². The maximum Gasteiger partial charge on any atom is 0.193 e. The fourth-order valence-corrected chi connectivity index (χ4v) is 4.17. The zero-order valence-corrected chi connectivity index (χ0v) is 19.9. The molecular weight excluding hydrogens is 483 g/mol. The Kier molecular flexibility index (Phi) is 8.88. The summed E-state index contributed by atoms with van der Waals surface area (Å²) in [6.45, 7) is 7.86. The van der Waals surface area contributed by atoms with E-state index >= 15 is 0 Å². The molecule has 0 spiro atoms. The van der Waals surface area contributed by atoms with E-state index in [0.717, 1.165) is 42.8 Å². The minimum absolute atomic E-state index is 0. The SMILES string of the molecule is CN=C(NCc1ccc(OCc2ccccn2)cc1)N1CCSC(C)(C)C1.I. The minimum atomic E-state index is 0. The van der Waals surface area contributed by atoms with Crippen molar-refractivity contribution < 1.29 is 4.74 Å². The molecular formula is C21H29IN4OS. The van der Waals surface area contributed by atoms with Crippen molar-refractivity contribution in [1.29, 1.82) is 0 Å². The molecule has 5 nitrogen and oxygen atoms in total. The predicted molar refractivity (Wildman–Crippen MR) is 129 cm³/mol. The number of guanidine groups is 1. The van der Waals surface area contributed by atoms with Gasteiger partial charge in [-0.2, -0.15) is 11.8 Å². The molecule has 1 aliphatic heterocycles. The van der Waals surface area contributed by atoms with E-state index in [4.69, 9.17) is 4.74 Å². The molecule has 2 aromatic rings. The average molecular weight is 512 g/mol. The number of aromatic nitrogens is 1. The molecule has 0 saturated carbocycles. The third-order valence-electron chi connectivity index (χ3n) is 4.42. The second kappa shape index (κ2) is 10.9. The van der Waals surface area contributed by atoms with Gasteiger partial charge in [-0.25, -0.2) is 0 Å². The van der Waals surface area contributed by atoms with E-state index in [1.165, 1.54) is 5.56 Å². The maximum atomic E-state index is 5.79. The first-order chi connectivity index (χ1) is 13.1. The Bertz CT molecular complexity index is 753. The van der Waals surface area contributed by atoms with Crippen LogP contribution in [0, 0.1) is 0 Å². The van der Waals surface area contributed by atoms with Gasteiger partial charge in [-0.05, 0) is 43.7 Å². The van der Waals surface area contributed by atoms with Gasteiger partial charge in [0.1, 0.15) is 12.4 Å². The minimum Gasteiger partial charge on any atom is -0.487 e. The van der Waals surface area contributed by atoms with Crippen LogP contribution in [-0.2, 0) is 13.2 Å². The first kappa shape index (κ1) is 22.8. The highest BCUT2D eigenvalue weighted by molar-refractivity contribution is 14.0. The van der Waals surface area contributed by atoms with Gasteiger partial charge in [0.2, 0.25) is 0 Å². The number of benzene rings is 1. The summed E-state index contributed by atoms with van der Waals surface area (Å²) in [4.78, 5) is 11.1. The van der Waals surface area contributed by atoms with Gasteiger partial charge in [0.05, 0.1) is 5.69 Å². The van der Waals surface area contributed by atoms with Gasteiger partial charge in [-0.1, -0.05) is 18.2 Å². The van der Waals surface area contributed by atoms with Crippen molar-refractivity contribution in [3.8, 4) is 5.75 Å². The van der Waals surface area contributed by atoms with Crippen molar-refractivity contribution in [1.82, 2.24) is 15.2 Å². The van der Waals surface area contributed by atoms with Gasteiger partial charge in [0.25, 0.3) is 0 Å². The molecule has 0 bridgehead atoms. The van der Waals surface area contributed by atoms with Gasteiger partial charge in [-0.3, -0.25) is 9.98 Å². The van der Waals surface area contributed by atoms with Crippen molar-refractivity contribution in [3.05, 3.63) is 59.9 Å². The van der Waals surface area contributed by atoms with Crippen LogP contribution < -0.4 is 10.1 Å². The second-order valence-electron chi connectivity index (χ2n) is 7.18. The molecule has 1 saturated heterocycles. The third kappa shape index (κ3) is 6.84. The Balaban J connectivity index is 0.00000280. The van der Waals surface area contributed by atoms with Crippen LogP contribution >= 0.6 is 35.7 Å². The molecule has 1 aromatic heterocycles. The highest BCUT2D eigenvalue weighted by Crippen LogP contribution is 2.29. The van der Waals surface area contributed by atoms with E-state index in [1.807, 2.05) is 49.1 Å². The van der Waals surface area contributed by atoms with Crippen molar-refractivity contribution in [2.75, 3.05) is 25.9 Å². The zero-order chi connectivity index (χ0) is 19.1. The van der Waals surface area contributed by atoms with Crippen molar-refractivity contribution in [2.24, 2.45) is 4.99 Å². The van der Waals surface area contributed by atoms with Crippen LogP contribution in [0.15, 0.2) is 53.7 Å². The van der Waals surface area contributed by atoms with Crippen LogP contribution in [0.2, 0.25) is 0 Å². The smallest absolute Gasteiger partial charge is 0.193 e. The van der Waals surface area contributed by atoms with E-state index < -0.39 is 0 Å². The van der Waals surface area contributed by atoms with E-state index in [0.29, 0.717) is 6.61 Å². The molecule has 3 rings (SSSR count). The normalized spacial score (nSPS) is 16.2. The first-order valence-electron chi connectivity index (χ1n) is 9.27. The van der Waals surface area contributed by atoms with Crippen LogP contribution in [0.5, 0.6) is 5.75 Å². The Labute approximate surface area is 189 Å². The zero-order valence-electron chi connectivity index (χ0n) is 16.7. The Hall–Kier alpha value is -1.48. The lowest BCUT2D eigenvalue weighted by molar-refractivity contribution is 0.301. The topological polar surface area (TPSA) is 49.8 Å². The van der Waals surface area contributed by atoms with Gasteiger partial charge in [0.15, 0.2) is 5.96 Å². The number of hydrogen-bond acceptors (Lipinski definition) is 4. The molecule has 28 heavy (non-hydrogen) atoms. The number of halogens is 1. The van der Waals surface area contributed by atoms with E-state index in [-0.39, 0.29) is 28.7 Å². The summed E-state index contributed by atoms with van der Waals surface area (Å²) in [6, 6.07) is 14.0. The summed E-state index contributed by atoms with van der Waals surface area (Å²) in [5.41, 5.74) is 2.13. The quantitative estimate of drug-likeness (QED) is 0.370. The van der Waals surface area contributed by atoms with E-state index in [9.17, 15) is 0 Å². The standard InChI is InChI=1S/C21H28N4OS.HI/c1-21(2)16-25(12-13-27-21)20(22-3)24-14-17-7-9-19(10-8-17)26-15-18-6-4-5-11-23-18;/h4-11H,12-16H2,1-3H3,(H,22,24);1H. The summed E-state index contributed by atoms with van der Waals surface area (Å²) in [6.07, 6.45) is 1.78. The highest BCUT2D eigenvalue weighted by Gasteiger charge is 2.28. The lowest BCUT2D eigenvalue weighted by Gasteiger charge is -2.39. The van der Waals surface area contributed by atoms with Crippen LogP contribution in [0.1, 0.15) is 25.1 Å². The van der Waals surface area contributed by atoms with E-state index in [1.54, 1.807) is 6.20 Å². The van der Waals surface area contributed by atoms with Crippen LogP contribution in [-0.4, -0.2) is 46.5 Å². The molecule has 2 heterocycles. The predicted octanol–water partition coefficient (Wildman–Crippen LogP) is 4.18. The molecule has 1 aromatic carbocycles. The van der Waals surface area contributed by atoms with Crippen molar-refractivity contribution in [2.45, 2.75) is 31.7 Å². The lowest BCUT2D eigenvalue weighted by Crippen LogP contribution is -2.50. The Morgan fingerprint density at radius 2 is 2.04 bits per heavy atom. The third-order valence-corrected chi connectivity index (χ3v) is 5.72. The number of rotatable bonds is 5. The largest absolute Gasteiger partial charge is 0.487 e. The fraction of sp³-hybridized carbons (Fsp3) is 0.429. The summed E-state index contributed by atoms with van der Waals surface area (Å²) in [7, 11) is 1.85. The van der Waals surface area contributed by atoms with Crippen LogP contribution in [0.3, 0.4) is 0 Å². The average Bonchev–Trinajstić information content (AvgIpc) is 2.68. The molecule has 1 fully saturated rings. The van der Waals surface area contributed by atoms with Crippen LogP contribution in [0.25, 0.3) is 0 Å². The van der Waals surface area contributed by atoms with Gasteiger partial charge in [-0.15, -0.1) is 24.0 Å².